The van der Waals surface area contributed by atoms with Crippen molar-refractivity contribution in [3.05, 3.63) is 76.4 Å². The molecular weight excluding hydrogens is 298 g/mol. The summed E-state index contributed by atoms with van der Waals surface area (Å²) in [7, 11) is 0. The van der Waals surface area contributed by atoms with Crippen molar-refractivity contribution in [3.63, 3.8) is 0 Å². The van der Waals surface area contributed by atoms with E-state index in [2.05, 4.69) is 43.4 Å². The molecule has 0 spiro atoms. The minimum Gasteiger partial charge on any atom is -0.478 e. The Bertz CT molecular complexity index is 853. The fourth-order valence-electron chi connectivity index (χ4n) is 4.31. The molecule has 3 nitrogen and oxygen atoms in total. The summed E-state index contributed by atoms with van der Waals surface area (Å²) in [4.78, 5) is 11.7. The molecule has 0 aromatic heterocycles. The lowest BCUT2D eigenvalue weighted by Crippen LogP contribution is -2.31. The third kappa shape index (κ3) is 2.15. The highest BCUT2D eigenvalue weighted by Crippen LogP contribution is 2.51. The Morgan fingerprint density at radius 2 is 1.88 bits per heavy atom. The van der Waals surface area contributed by atoms with Gasteiger partial charge in [-0.05, 0) is 54.5 Å². The summed E-state index contributed by atoms with van der Waals surface area (Å²) in [5.74, 6) is -0.145. The van der Waals surface area contributed by atoms with Crippen LogP contribution in [0, 0.1) is 19.8 Å². The van der Waals surface area contributed by atoms with E-state index in [4.69, 9.17) is 0 Å². The quantitative estimate of drug-likeness (QED) is 0.780. The van der Waals surface area contributed by atoms with E-state index < -0.39 is 5.97 Å². The molecule has 0 fully saturated rings. The summed E-state index contributed by atoms with van der Waals surface area (Å²) >= 11 is 0. The largest absolute Gasteiger partial charge is 0.478 e. The maximum Gasteiger partial charge on any atom is 0.336 e. The van der Waals surface area contributed by atoms with Crippen LogP contribution < -0.4 is 5.32 Å². The van der Waals surface area contributed by atoms with Crippen LogP contribution in [0.2, 0.25) is 0 Å². The number of benzene rings is 2. The first kappa shape index (κ1) is 15.0. The molecule has 2 aliphatic rings. The van der Waals surface area contributed by atoms with Gasteiger partial charge in [-0.2, -0.15) is 0 Å². The van der Waals surface area contributed by atoms with E-state index in [1.54, 1.807) is 12.1 Å². The van der Waals surface area contributed by atoms with Gasteiger partial charge < -0.3 is 10.4 Å². The number of rotatable bonds is 2. The summed E-state index contributed by atoms with van der Waals surface area (Å²) in [5.41, 5.74) is 6.34. The van der Waals surface area contributed by atoms with Crippen LogP contribution in [-0.2, 0) is 0 Å². The van der Waals surface area contributed by atoms with Crippen LogP contribution in [0.15, 0.2) is 48.6 Å². The zero-order valence-corrected chi connectivity index (χ0v) is 13.9. The first-order valence-electron chi connectivity index (χ1n) is 8.43. The van der Waals surface area contributed by atoms with Crippen molar-refractivity contribution < 1.29 is 9.90 Å². The molecule has 122 valence electrons. The number of nitrogens with one attached hydrogen (secondary N) is 1. The van der Waals surface area contributed by atoms with Crippen molar-refractivity contribution in [1.29, 1.82) is 0 Å². The summed E-state index contributed by atoms with van der Waals surface area (Å²) in [6.07, 6.45) is 5.51. The minimum absolute atomic E-state index is 0.0188. The van der Waals surface area contributed by atoms with E-state index in [0.717, 1.165) is 12.0 Å². The van der Waals surface area contributed by atoms with Crippen LogP contribution in [-0.4, -0.2) is 11.1 Å². The van der Waals surface area contributed by atoms with Gasteiger partial charge in [0.1, 0.15) is 0 Å². The van der Waals surface area contributed by atoms with E-state index in [1.807, 2.05) is 12.1 Å². The third-order valence-corrected chi connectivity index (χ3v) is 5.47. The molecule has 0 bridgehead atoms. The lowest BCUT2D eigenvalue weighted by atomic mass is 9.74. The van der Waals surface area contributed by atoms with Crippen LogP contribution in [0.4, 0.5) is 5.69 Å². The lowest BCUT2D eigenvalue weighted by Gasteiger charge is -2.39. The number of aromatic carboxylic acids is 1. The van der Waals surface area contributed by atoms with Gasteiger partial charge in [0.05, 0.1) is 11.6 Å². The highest BCUT2D eigenvalue weighted by molar-refractivity contribution is 5.90. The zero-order valence-electron chi connectivity index (χ0n) is 13.9. The number of hydrogen-bond donors (Lipinski definition) is 2. The molecule has 2 N–H and O–H groups in total. The zero-order chi connectivity index (χ0) is 16.8. The molecule has 0 amide bonds. The number of fused-ring (bicyclic) bond motifs is 3. The molecule has 1 heterocycles. The van der Waals surface area contributed by atoms with E-state index in [1.165, 1.54) is 22.4 Å². The SMILES string of the molecule is Cc1ccc(C)c2c1N[C@H](c1ccccc1C(=O)O)[C@H]1CC=C[C@@H]21. The first-order chi connectivity index (χ1) is 11.6. The summed E-state index contributed by atoms with van der Waals surface area (Å²) in [6, 6.07) is 11.7. The van der Waals surface area contributed by atoms with Crippen molar-refractivity contribution >= 4 is 11.7 Å². The van der Waals surface area contributed by atoms with Crippen molar-refractivity contribution in [2.75, 3.05) is 5.32 Å². The molecular formula is C21H21NO2. The number of anilines is 1. The van der Waals surface area contributed by atoms with Gasteiger partial charge in [-0.15, -0.1) is 0 Å². The fourth-order valence-corrected chi connectivity index (χ4v) is 4.31. The average Bonchev–Trinajstić information content (AvgIpc) is 3.06. The monoisotopic (exact) mass is 319 g/mol. The van der Waals surface area contributed by atoms with Crippen LogP contribution in [0.3, 0.4) is 0 Å². The molecule has 1 aliphatic carbocycles. The summed E-state index contributed by atoms with van der Waals surface area (Å²) in [5, 5.41) is 13.3. The summed E-state index contributed by atoms with van der Waals surface area (Å²) in [6.45, 7) is 4.28. The smallest absolute Gasteiger partial charge is 0.336 e. The predicted molar refractivity (Wildman–Crippen MR) is 95.7 cm³/mol. The molecule has 3 atom stereocenters. The van der Waals surface area contributed by atoms with Crippen molar-refractivity contribution in [1.82, 2.24) is 0 Å². The third-order valence-electron chi connectivity index (χ3n) is 5.47. The van der Waals surface area contributed by atoms with E-state index in [9.17, 15) is 9.90 Å². The Hall–Kier alpha value is -2.55. The molecule has 4 rings (SSSR count). The maximum atomic E-state index is 11.7. The number of carboxylic acids is 1. The maximum absolute atomic E-state index is 11.7. The van der Waals surface area contributed by atoms with Gasteiger partial charge in [-0.1, -0.05) is 42.5 Å². The topological polar surface area (TPSA) is 49.3 Å². The van der Waals surface area contributed by atoms with Gasteiger partial charge in [-0.25, -0.2) is 4.79 Å². The number of allylic oxidation sites excluding steroid dienone is 2. The molecule has 2 aromatic rings. The predicted octanol–water partition coefficient (Wildman–Crippen LogP) is 4.83. The van der Waals surface area contributed by atoms with Crippen molar-refractivity contribution in [2.24, 2.45) is 5.92 Å². The van der Waals surface area contributed by atoms with Gasteiger partial charge in [0.2, 0.25) is 0 Å². The molecule has 0 saturated heterocycles. The highest BCUT2D eigenvalue weighted by Gasteiger charge is 2.40. The number of aryl methyl sites for hydroxylation is 2. The highest BCUT2D eigenvalue weighted by atomic mass is 16.4. The normalized spacial score (nSPS) is 24.2. The summed E-state index contributed by atoms with van der Waals surface area (Å²) < 4.78 is 0. The van der Waals surface area contributed by atoms with Gasteiger partial charge in [0.15, 0.2) is 0 Å². The van der Waals surface area contributed by atoms with Gasteiger partial charge in [0.25, 0.3) is 0 Å². The van der Waals surface area contributed by atoms with Crippen LogP contribution in [0.25, 0.3) is 0 Å². The van der Waals surface area contributed by atoms with Gasteiger partial charge in [0, 0.05) is 11.6 Å². The minimum atomic E-state index is -0.860. The Morgan fingerprint density at radius 1 is 1.12 bits per heavy atom. The molecule has 1 aliphatic heterocycles. The van der Waals surface area contributed by atoms with Gasteiger partial charge in [-0.3, -0.25) is 0 Å². The molecule has 0 radical (unpaired) electrons. The number of carboxylic acid groups (broad SMARTS) is 1. The lowest BCUT2D eigenvalue weighted by molar-refractivity contribution is 0.0694. The molecule has 24 heavy (non-hydrogen) atoms. The molecule has 3 heteroatoms. The Balaban J connectivity index is 1.88. The van der Waals surface area contributed by atoms with Crippen molar-refractivity contribution in [3.8, 4) is 0 Å². The van der Waals surface area contributed by atoms with Crippen LogP contribution >= 0.6 is 0 Å². The molecule has 2 aromatic carbocycles. The van der Waals surface area contributed by atoms with E-state index in [-0.39, 0.29) is 6.04 Å². The Labute approximate surface area is 142 Å². The molecule has 0 unspecified atom stereocenters. The second-order valence-corrected chi connectivity index (χ2v) is 6.86. The van der Waals surface area contributed by atoms with Gasteiger partial charge >= 0.3 is 5.97 Å². The van der Waals surface area contributed by atoms with E-state index >= 15 is 0 Å². The second-order valence-electron chi connectivity index (χ2n) is 6.86. The van der Waals surface area contributed by atoms with Crippen molar-refractivity contribution in [2.45, 2.75) is 32.2 Å². The first-order valence-corrected chi connectivity index (χ1v) is 8.43. The Morgan fingerprint density at radius 3 is 2.67 bits per heavy atom. The Kier molecular flexibility index (Phi) is 3.45. The fraction of sp³-hybridized carbons (Fsp3) is 0.286. The standard InChI is InChI=1S/C21H21NO2/c1-12-10-11-13(2)19-18(12)14-8-5-9-15(14)20(22-19)16-6-3-4-7-17(16)21(23)24/h3-8,10-11,14-15,20,22H,9H2,1-2H3,(H,23,24)/t14-,15+,20+/m1/s1. The number of hydrogen-bond acceptors (Lipinski definition) is 2. The van der Waals surface area contributed by atoms with Crippen LogP contribution in [0.1, 0.15) is 51.0 Å². The molecule has 0 saturated carbocycles. The second kappa shape index (κ2) is 5.52. The van der Waals surface area contributed by atoms with Crippen LogP contribution in [0.5, 0.6) is 0 Å². The van der Waals surface area contributed by atoms with E-state index in [0.29, 0.717) is 17.4 Å². The average molecular weight is 319 g/mol. The number of carbonyl (C=O) groups is 1.